The van der Waals surface area contributed by atoms with E-state index in [9.17, 15) is 15.0 Å². The van der Waals surface area contributed by atoms with Gasteiger partial charge in [-0.25, -0.2) is 0 Å². The molecular weight excluding hydrogens is 334 g/mol. The first-order chi connectivity index (χ1) is 11.0. The molecule has 7 heteroatoms. The van der Waals surface area contributed by atoms with Crippen LogP contribution in [0.2, 0.25) is 0 Å². The van der Waals surface area contributed by atoms with Gasteiger partial charge in [0.05, 0.1) is 16.9 Å². The number of thioether (sulfide) groups is 2. The lowest BCUT2D eigenvalue weighted by atomic mass is 10.1. The molecule has 0 bridgehead atoms. The van der Waals surface area contributed by atoms with Crippen LogP contribution < -0.4 is 0 Å². The average Bonchev–Trinajstić information content (AvgIpc) is 2.54. The highest BCUT2D eigenvalue weighted by Crippen LogP contribution is 2.51. The first-order valence-corrected chi connectivity index (χ1v) is 9.79. The van der Waals surface area contributed by atoms with Crippen molar-refractivity contribution in [3.63, 3.8) is 0 Å². The molecule has 2 atom stereocenters. The van der Waals surface area contributed by atoms with Crippen molar-refractivity contribution in [3.8, 4) is 5.75 Å². The highest BCUT2D eigenvalue weighted by Gasteiger charge is 2.28. The van der Waals surface area contributed by atoms with Crippen molar-refractivity contribution in [3.05, 3.63) is 23.0 Å². The third kappa shape index (κ3) is 5.02. The topological polar surface area (TPSA) is 90.7 Å². The summed E-state index contributed by atoms with van der Waals surface area (Å²) in [5.74, 6) is 0.458. The van der Waals surface area contributed by atoms with E-state index in [1.807, 2.05) is 11.8 Å². The number of hydrogen-bond acceptors (Lipinski definition) is 6. The summed E-state index contributed by atoms with van der Waals surface area (Å²) in [7, 11) is 0. The zero-order chi connectivity index (χ0) is 16.8. The number of rotatable bonds is 7. The summed E-state index contributed by atoms with van der Waals surface area (Å²) in [6.45, 7) is 1.64. The number of aliphatic carboxylic acids is 1. The minimum absolute atomic E-state index is 0.0945. The van der Waals surface area contributed by atoms with E-state index < -0.39 is 5.97 Å². The van der Waals surface area contributed by atoms with Gasteiger partial charge in [0.1, 0.15) is 5.75 Å². The quantitative estimate of drug-likeness (QED) is 0.644. The van der Waals surface area contributed by atoms with E-state index in [-0.39, 0.29) is 23.4 Å². The lowest BCUT2D eigenvalue weighted by Crippen LogP contribution is -2.14. The van der Waals surface area contributed by atoms with Gasteiger partial charge in [-0.1, -0.05) is 6.42 Å². The van der Waals surface area contributed by atoms with E-state index in [1.165, 1.54) is 0 Å². The highest BCUT2D eigenvalue weighted by atomic mass is 32.2. The van der Waals surface area contributed by atoms with E-state index in [2.05, 4.69) is 4.98 Å². The molecule has 23 heavy (non-hydrogen) atoms. The summed E-state index contributed by atoms with van der Waals surface area (Å²) in [5, 5.41) is 29.0. The fraction of sp³-hybridized carbons (Fsp3) is 0.625. The molecule has 1 aromatic heterocycles. The normalized spacial score (nSPS) is 21.3. The van der Waals surface area contributed by atoms with Crippen LogP contribution in [0, 0.1) is 6.92 Å². The van der Waals surface area contributed by atoms with Crippen LogP contribution in [0.3, 0.4) is 0 Å². The van der Waals surface area contributed by atoms with Gasteiger partial charge in [-0.3, -0.25) is 9.78 Å². The van der Waals surface area contributed by atoms with Crippen LogP contribution in [0.5, 0.6) is 5.75 Å². The second-order valence-corrected chi connectivity index (χ2v) is 8.60. The predicted octanol–water partition coefficient (Wildman–Crippen LogP) is 3.47. The minimum atomic E-state index is -0.737. The van der Waals surface area contributed by atoms with Gasteiger partial charge in [-0.15, -0.1) is 23.5 Å². The monoisotopic (exact) mass is 357 g/mol. The zero-order valence-electron chi connectivity index (χ0n) is 13.2. The maximum atomic E-state index is 10.6. The summed E-state index contributed by atoms with van der Waals surface area (Å²) in [6.07, 6.45) is 5.59. The van der Waals surface area contributed by atoms with Crippen LogP contribution in [0.15, 0.2) is 6.20 Å². The number of unbranched alkanes of at least 4 members (excludes halogenated alkanes) is 1. The number of aliphatic hydroxyl groups excluding tert-OH is 1. The summed E-state index contributed by atoms with van der Waals surface area (Å²) in [4.78, 5) is 14.7. The Labute approximate surface area is 144 Å². The summed E-state index contributed by atoms with van der Waals surface area (Å²) < 4.78 is 0.0945. The van der Waals surface area contributed by atoms with Crippen LogP contribution in [0.1, 0.15) is 53.5 Å². The van der Waals surface area contributed by atoms with Crippen LogP contribution in [-0.4, -0.2) is 37.3 Å². The Kier molecular flexibility index (Phi) is 7.05. The lowest BCUT2D eigenvalue weighted by Gasteiger charge is -2.30. The van der Waals surface area contributed by atoms with Crippen LogP contribution in [0.25, 0.3) is 0 Å². The molecule has 1 saturated heterocycles. The molecular formula is C16H23NO4S2. The molecule has 3 N–H and O–H groups in total. The fourth-order valence-corrected chi connectivity index (χ4v) is 6.24. The Hall–Kier alpha value is -0.920. The van der Waals surface area contributed by atoms with Crippen molar-refractivity contribution in [2.24, 2.45) is 0 Å². The molecule has 2 rings (SSSR count). The third-order valence-electron chi connectivity index (χ3n) is 3.96. The zero-order valence-corrected chi connectivity index (χ0v) is 14.8. The van der Waals surface area contributed by atoms with Crippen molar-refractivity contribution in [2.45, 2.75) is 55.5 Å². The molecule has 0 saturated carbocycles. The molecule has 0 aromatic carbocycles. The van der Waals surface area contributed by atoms with Gasteiger partial charge in [0, 0.05) is 29.0 Å². The van der Waals surface area contributed by atoms with Gasteiger partial charge in [-0.2, -0.15) is 0 Å². The molecule has 1 aliphatic rings. The maximum absolute atomic E-state index is 10.6. The Bertz CT molecular complexity index is 553. The van der Waals surface area contributed by atoms with E-state index >= 15 is 0 Å². The molecule has 2 unspecified atom stereocenters. The molecule has 1 aliphatic heterocycles. The maximum Gasteiger partial charge on any atom is 0.303 e. The van der Waals surface area contributed by atoms with Crippen LogP contribution in [0.4, 0.5) is 0 Å². The molecule has 1 fully saturated rings. The summed E-state index contributed by atoms with van der Waals surface area (Å²) in [6, 6.07) is 0. The third-order valence-corrected chi connectivity index (χ3v) is 7.05. The Morgan fingerprint density at radius 2 is 2.22 bits per heavy atom. The largest absolute Gasteiger partial charge is 0.506 e. The number of aryl methyl sites for hydroxylation is 1. The molecule has 0 amide bonds. The fourth-order valence-electron chi connectivity index (χ4n) is 2.64. The number of carboxylic acids is 1. The summed E-state index contributed by atoms with van der Waals surface area (Å²) >= 11 is 3.60. The summed E-state index contributed by atoms with van der Waals surface area (Å²) in [5.41, 5.74) is 2.07. The standard InChI is InChI=1S/C16H23NO4S2/c1-10-15(21)14(11(9-18)8-17-10)16-22-7-6-12(23-16)4-2-3-5-13(19)20/h8,12,16,18,21H,2-7,9H2,1H3,(H,19,20). The van der Waals surface area contributed by atoms with Crippen LogP contribution >= 0.6 is 23.5 Å². The predicted molar refractivity (Wildman–Crippen MR) is 93.9 cm³/mol. The first-order valence-electron chi connectivity index (χ1n) is 7.80. The van der Waals surface area contributed by atoms with E-state index in [4.69, 9.17) is 5.11 Å². The Balaban J connectivity index is 2.01. The molecule has 5 nitrogen and oxygen atoms in total. The van der Waals surface area contributed by atoms with Gasteiger partial charge in [0.2, 0.25) is 0 Å². The van der Waals surface area contributed by atoms with E-state index in [0.717, 1.165) is 30.6 Å². The number of carboxylic acid groups (broad SMARTS) is 1. The van der Waals surface area contributed by atoms with Crippen molar-refractivity contribution in [1.29, 1.82) is 0 Å². The van der Waals surface area contributed by atoms with E-state index in [1.54, 1.807) is 24.9 Å². The van der Waals surface area contributed by atoms with Gasteiger partial charge in [0.15, 0.2) is 0 Å². The minimum Gasteiger partial charge on any atom is -0.506 e. The molecule has 2 heterocycles. The average molecular weight is 357 g/mol. The first kappa shape index (κ1) is 18.4. The SMILES string of the molecule is Cc1ncc(CO)c(C2SCCC(CCCCC(=O)O)S2)c1O. The Morgan fingerprint density at radius 1 is 1.43 bits per heavy atom. The smallest absolute Gasteiger partial charge is 0.303 e. The van der Waals surface area contributed by atoms with Crippen molar-refractivity contribution in [2.75, 3.05) is 5.75 Å². The van der Waals surface area contributed by atoms with Crippen LogP contribution in [-0.2, 0) is 11.4 Å². The second-order valence-electron chi connectivity index (χ2n) is 5.68. The van der Waals surface area contributed by atoms with Crippen molar-refractivity contribution >= 4 is 29.5 Å². The van der Waals surface area contributed by atoms with Crippen molar-refractivity contribution < 1.29 is 20.1 Å². The molecule has 128 valence electrons. The van der Waals surface area contributed by atoms with Gasteiger partial charge in [-0.05, 0) is 31.9 Å². The molecule has 1 aromatic rings. The number of nitrogens with zero attached hydrogens (tertiary/aromatic N) is 1. The van der Waals surface area contributed by atoms with E-state index in [0.29, 0.717) is 22.9 Å². The second kappa shape index (κ2) is 8.80. The van der Waals surface area contributed by atoms with Gasteiger partial charge >= 0.3 is 5.97 Å². The number of hydrogen-bond donors (Lipinski definition) is 3. The molecule has 0 spiro atoms. The lowest BCUT2D eigenvalue weighted by molar-refractivity contribution is -0.137. The van der Waals surface area contributed by atoms with Gasteiger partial charge < -0.3 is 15.3 Å². The van der Waals surface area contributed by atoms with Crippen molar-refractivity contribution in [1.82, 2.24) is 4.98 Å². The molecule has 0 radical (unpaired) electrons. The number of aromatic nitrogens is 1. The Morgan fingerprint density at radius 3 is 2.91 bits per heavy atom. The number of pyridine rings is 1. The number of aromatic hydroxyl groups is 1. The van der Waals surface area contributed by atoms with Gasteiger partial charge in [0.25, 0.3) is 0 Å². The molecule has 0 aliphatic carbocycles. The number of carbonyl (C=O) groups is 1. The highest BCUT2D eigenvalue weighted by molar-refractivity contribution is 8.17. The number of aliphatic hydroxyl groups is 1.